The molecule has 8 heteroatoms. The predicted octanol–water partition coefficient (Wildman–Crippen LogP) is 3.25. The first-order valence-corrected chi connectivity index (χ1v) is 11.7. The maximum Gasteiger partial charge on any atom is 0.318 e. The monoisotopic (exact) mass is 426 g/mol. The zero-order chi connectivity index (χ0) is 21.8. The van der Waals surface area contributed by atoms with Crippen LogP contribution in [-0.4, -0.2) is 62.5 Å². The second-order valence-electron chi connectivity index (χ2n) is 9.23. The zero-order valence-corrected chi connectivity index (χ0v) is 18.7. The highest BCUT2D eigenvalue weighted by atomic mass is 16.2. The van der Waals surface area contributed by atoms with Gasteiger partial charge in [-0.2, -0.15) is 0 Å². The smallest absolute Gasteiger partial charge is 0.318 e. The minimum Gasteiger partial charge on any atom is -0.339 e. The summed E-state index contributed by atoms with van der Waals surface area (Å²) in [4.78, 5) is 29.4. The van der Waals surface area contributed by atoms with Gasteiger partial charge in [-0.15, -0.1) is 10.2 Å². The van der Waals surface area contributed by atoms with Crippen LogP contribution in [0.25, 0.3) is 5.65 Å². The number of nitrogens with one attached hydrogen (secondary N) is 1. The van der Waals surface area contributed by atoms with Crippen molar-refractivity contribution in [3.05, 3.63) is 30.2 Å². The molecular weight excluding hydrogens is 392 g/mol. The summed E-state index contributed by atoms with van der Waals surface area (Å²) < 4.78 is 1.92. The fourth-order valence-corrected chi connectivity index (χ4v) is 4.75. The summed E-state index contributed by atoms with van der Waals surface area (Å²) in [6.45, 7) is 6.48. The van der Waals surface area contributed by atoms with Crippen LogP contribution < -0.4 is 5.32 Å². The minimum absolute atomic E-state index is 0.106. The molecule has 2 aliphatic rings. The van der Waals surface area contributed by atoms with E-state index in [0.717, 1.165) is 11.5 Å². The molecule has 31 heavy (non-hydrogen) atoms. The van der Waals surface area contributed by atoms with E-state index in [1.807, 2.05) is 38.6 Å². The van der Waals surface area contributed by atoms with Gasteiger partial charge in [0.25, 0.3) is 0 Å². The summed E-state index contributed by atoms with van der Waals surface area (Å²) in [7, 11) is 0. The lowest BCUT2D eigenvalue weighted by molar-refractivity contribution is -0.133. The molecule has 2 aromatic rings. The van der Waals surface area contributed by atoms with E-state index in [-0.39, 0.29) is 23.9 Å². The molecule has 8 nitrogen and oxygen atoms in total. The van der Waals surface area contributed by atoms with Crippen LogP contribution in [-0.2, 0) is 4.79 Å². The predicted molar refractivity (Wildman–Crippen MR) is 118 cm³/mol. The Morgan fingerprint density at radius 1 is 1.03 bits per heavy atom. The Labute approximate surface area is 184 Å². The Bertz CT molecular complexity index is 896. The van der Waals surface area contributed by atoms with Crippen LogP contribution in [0.2, 0.25) is 0 Å². The van der Waals surface area contributed by atoms with Gasteiger partial charge in [0.1, 0.15) is 0 Å². The Morgan fingerprint density at radius 3 is 2.45 bits per heavy atom. The zero-order valence-electron chi connectivity index (χ0n) is 18.7. The van der Waals surface area contributed by atoms with Gasteiger partial charge in [-0.1, -0.05) is 39.2 Å². The number of hydrogen-bond acceptors (Lipinski definition) is 4. The SMILES string of the molecule is CC(C)C(NC(=O)N1CCN(C(=O)CC2CCCCC2)CC1)c1nnc2ccccn12. The van der Waals surface area contributed by atoms with Gasteiger partial charge in [0.05, 0.1) is 6.04 Å². The van der Waals surface area contributed by atoms with Gasteiger partial charge in [0.2, 0.25) is 5.91 Å². The van der Waals surface area contributed by atoms with Crippen LogP contribution in [0, 0.1) is 11.8 Å². The molecule has 3 amide bonds. The molecule has 1 unspecified atom stereocenters. The van der Waals surface area contributed by atoms with Crippen LogP contribution in [0.15, 0.2) is 24.4 Å². The van der Waals surface area contributed by atoms with Gasteiger partial charge in [0.15, 0.2) is 11.5 Å². The third kappa shape index (κ3) is 4.99. The quantitative estimate of drug-likeness (QED) is 0.796. The Hall–Kier alpha value is -2.64. The first kappa shape index (κ1) is 21.6. The van der Waals surface area contributed by atoms with Gasteiger partial charge in [-0.05, 0) is 36.8 Å². The third-order valence-corrected chi connectivity index (χ3v) is 6.67. The third-order valence-electron chi connectivity index (χ3n) is 6.67. The van der Waals surface area contributed by atoms with Crippen molar-refractivity contribution < 1.29 is 9.59 Å². The molecule has 0 spiro atoms. The molecule has 2 fully saturated rings. The van der Waals surface area contributed by atoms with Crippen molar-refractivity contribution >= 4 is 17.6 Å². The molecule has 0 bridgehead atoms. The molecule has 0 radical (unpaired) electrons. The number of hydrogen-bond donors (Lipinski definition) is 1. The molecule has 1 saturated carbocycles. The van der Waals surface area contributed by atoms with Crippen molar-refractivity contribution in [2.75, 3.05) is 26.2 Å². The van der Waals surface area contributed by atoms with Gasteiger partial charge in [-0.3, -0.25) is 9.20 Å². The van der Waals surface area contributed by atoms with E-state index in [9.17, 15) is 9.59 Å². The van der Waals surface area contributed by atoms with E-state index in [1.54, 1.807) is 0 Å². The van der Waals surface area contributed by atoms with E-state index < -0.39 is 0 Å². The van der Waals surface area contributed by atoms with Gasteiger partial charge in [0, 0.05) is 38.8 Å². The molecular formula is C23H34N6O2. The normalized spacial score (nSPS) is 19.1. The first-order chi connectivity index (χ1) is 15.0. The van der Waals surface area contributed by atoms with Gasteiger partial charge < -0.3 is 15.1 Å². The topological polar surface area (TPSA) is 82.8 Å². The number of amides is 3. The highest BCUT2D eigenvalue weighted by Crippen LogP contribution is 2.27. The maximum atomic E-state index is 13.0. The highest BCUT2D eigenvalue weighted by molar-refractivity contribution is 5.78. The standard InChI is InChI=1S/C23H34N6O2/c1-17(2)21(22-26-25-19-10-6-7-11-29(19)22)24-23(31)28-14-12-27(13-15-28)20(30)16-18-8-4-3-5-9-18/h6-7,10-11,17-18,21H,3-5,8-9,12-16H2,1-2H3,(H,24,31). The molecule has 1 atom stereocenters. The van der Waals surface area contributed by atoms with Crippen LogP contribution in [0.5, 0.6) is 0 Å². The van der Waals surface area contributed by atoms with Crippen molar-refractivity contribution in [2.24, 2.45) is 11.8 Å². The molecule has 2 aromatic heterocycles. The van der Waals surface area contributed by atoms with Gasteiger partial charge >= 0.3 is 6.03 Å². The van der Waals surface area contributed by atoms with Crippen molar-refractivity contribution in [1.29, 1.82) is 0 Å². The first-order valence-electron chi connectivity index (χ1n) is 11.7. The molecule has 1 N–H and O–H groups in total. The lowest BCUT2D eigenvalue weighted by Crippen LogP contribution is -2.54. The lowest BCUT2D eigenvalue weighted by atomic mass is 9.86. The molecule has 1 aliphatic carbocycles. The van der Waals surface area contributed by atoms with E-state index in [4.69, 9.17) is 0 Å². The van der Waals surface area contributed by atoms with Crippen molar-refractivity contribution in [3.63, 3.8) is 0 Å². The van der Waals surface area contributed by atoms with Crippen molar-refractivity contribution in [1.82, 2.24) is 29.7 Å². The number of pyridine rings is 1. The number of urea groups is 1. The maximum absolute atomic E-state index is 13.0. The summed E-state index contributed by atoms with van der Waals surface area (Å²) in [5.41, 5.74) is 0.766. The highest BCUT2D eigenvalue weighted by Gasteiger charge is 2.29. The minimum atomic E-state index is -0.240. The molecule has 1 saturated heterocycles. The second-order valence-corrected chi connectivity index (χ2v) is 9.23. The summed E-state index contributed by atoms with van der Waals surface area (Å²) in [5, 5.41) is 11.7. The number of piperazine rings is 1. The molecule has 168 valence electrons. The van der Waals surface area contributed by atoms with Crippen molar-refractivity contribution in [2.45, 2.75) is 58.4 Å². The Morgan fingerprint density at radius 2 is 1.74 bits per heavy atom. The van der Waals surface area contributed by atoms with Crippen LogP contribution in [0.3, 0.4) is 0 Å². The average Bonchev–Trinajstić information content (AvgIpc) is 3.21. The number of aromatic nitrogens is 3. The molecule has 1 aliphatic heterocycles. The number of fused-ring (bicyclic) bond motifs is 1. The number of nitrogens with zero attached hydrogens (tertiary/aromatic N) is 5. The number of carbonyl (C=O) groups excluding carboxylic acids is 2. The number of rotatable bonds is 5. The summed E-state index contributed by atoms with van der Waals surface area (Å²) >= 11 is 0. The second kappa shape index (κ2) is 9.66. The van der Waals surface area contributed by atoms with Crippen LogP contribution in [0.1, 0.15) is 64.2 Å². The summed E-state index contributed by atoms with van der Waals surface area (Å²) in [5.74, 6) is 1.70. The fourth-order valence-electron chi connectivity index (χ4n) is 4.75. The molecule has 0 aromatic carbocycles. The van der Waals surface area contributed by atoms with E-state index >= 15 is 0 Å². The fraction of sp³-hybridized carbons (Fsp3) is 0.652. The van der Waals surface area contributed by atoms with E-state index in [2.05, 4.69) is 29.4 Å². The molecule has 3 heterocycles. The molecule has 4 rings (SSSR count). The average molecular weight is 427 g/mol. The largest absolute Gasteiger partial charge is 0.339 e. The Kier molecular flexibility index (Phi) is 6.73. The number of carbonyl (C=O) groups is 2. The summed E-state index contributed by atoms with van der Waals surface area (Å²) in [6.07, 6.45) is 8.77. The van der Waals surface area contributed by atoms with Gasteiger partial charge in [-0.25, -0.2) is 4.79 Å². The van der Waals surface area contributed by atoms with E-state index in [0.29, 0.717) is 38.5 Å². The Balaban J connectivity index is 1.33. The van der Waals surface area contributed by atoms with Crippen LogP contribution in [0.4, 0.5) is 4.79 Å². The van der Waals surface area contributed by atoms with Crippen molar-refractivity contribution in [3.8, 4) is 0 Å². The lowest BCUT2D eigenvalue weighted by Gasteiger charge is -2.36. The van der Waals surface area contributed by atoms with Crippen LogP contribution >= 0.6 is 0 Å². The van der Waals surface area contributed by atoms with E-state index in [1.165, 1.54) is 32.1 Å². The summed E-state index contributed by atoms with van der Waals surface area (Å²) in [6, 6.07) is 5.41.